The Bertz CT molecular complexity index is 1400. The van der Waals surface area contributed by atoms with Gasteiger partial charge >= 0.3 is 0 Å². The molecule has 3 aliphatic rings. The van der Waals surface area contributed by atoms with Crippen LogP contribution in [0, 0.1) is 5.92 Å². The molecule has 2 saturated heterocycles. The number of fused-ring (bicyclic) bond motifs is 1. The van der Waals surface area contributed by atoms with Gasteiger partial charge in [-0.2, -0.15) is 11.8 Å². The third-order valence-corrected chi connectivity index (χ3v) is 11.9. The van der Waals surface area contributed by atoms with Gasteiger partial charge in [0.15, 0.2) is 0 Å². The van der Waals surface area contributed by atoms with Gasteiger partial charge in [0.05, 0.1) is 4.88 Å². The van der Waals surface area contributed by atoms with E-state index in [0.29, 0.717) is 42.3 Å². The van der Waals surface area contributed by atoms with Crippen molar-refractivity contribution >= 4 is 50.9 Å². The predicted molar refractivity (Wildman–Crippen MR) is 180 cm³/mol. The number of nitrogens with one attached hydrogen (secondary N) is 3. The number of nitrogens with zero attached hydrogens (tertiary/aromatic N) is 1. The van der Waals surface area contributed by atoms with E-state index in [2.05, 4.69) is 62.9 Å². The van der Waals surface area contributed by atoms with Crippen molar-refractivity contribution in [1.29, 1.82) is 0 Å². The third-order valence-electron chi connectivity index (χ3n) is 9.72. The molecule has 3 heterocycles. The molecule has 44 heavy (non-hydrogen) atoms. The summed E-state index contributed by atoms with van der Waals surface area (Å²) in [7, 11) is 0. The van der Waals surface area contributed by atoms with Gasteiger partial charge < -0.3 is 16.0 Å². The minimum atomic E-state index is -0.915. The molecule has 2 aliphatic heterocycles. The minimum absolute atomic E-state index is 0.0388. The zero-order chi connectivity index (χ0) is 30.4. The summed E-state index contributed by atoms with van der Waals surface area (Å²) in [6.45, 7) is 2.00. The average molecular weight is 633 g/mol. The van der Waals surface area contributed by atoms with E-state index in [4.69, 9.17) is 0 Å². The normalized spacial score (nSPS) is 22.5. The Kier molecular flexibility index (Phi) is 10.2. The fraction of sp³-hybridized carbons (Fsp3) is 0.514. The highest BCUT2D eigenvalue weighted by atomic mass is 32.2. The van der Waals surface area contributed by atoms with Crippen molar-refractivity contribution in [3.8, 4) is 0 Å². The molecule has 2 atom stereocenters. The molecule has 9 heteroatoms. The average Bonchev–Trinajstić information content (AvgIpc) is 3.73. The lowest BCUT2D eigenvalue weighted by Gasteiger charge is -2.45. The lowest BCUT2D eigenvalue weighted by atomic mass is 9.85. The molecule has 3 N–H and O–H groups in total. The highest BCUT2D eigenvalue weighted by molar-refractivity contribution is 7.99. The van der Waals surface area contributed by atoms with Gasteiger partial charge in [0, 0.05) is 36.3 Å². The number of amides is 3. The molecule has 1 saturated carbocycles. The highest BCUT2D eigenvalue weighted by Crippen LogP contribution is 2.38. The number of carbonyl (C=O) groups excluding carboxylic acids is 3. The Balaban J connectivity index is 0.980. The summed E-state index contributed by atoms with van der Waals surface area (Å²) in [5.41, 5.74) is 0.464. The molecule has 2 aromatic carbocycles. The second-order valence-electron chi connectivity index (χ2n) is 12.6. The summed E-state index contributed by atoms with van der Waals surface area (Å²) in [5, 5.41) is 10.2. The first-order valence-electron chi connectivity index (χ1n) is 16.3. The van der Waals surface area contributed by atoms with Gasteiger partial charge in [0.1, 0.15) is 5.54 Å². The number of thiophene rings is 1. The standard InChI is InChI=1S/C35H44N4O3S2/c40-32(37-24-25-13-19-39(28-14-20-43-21-15-28)29(22-25)26-8-2-1-3-9-26)12-18-36-34(42)35(16-6-7-17-35)38-33(41)31-23-27-10-4-5-11-30(27)44-31/h1-5,8-11,23,25,28-29H,6-7,12-22,24H2,(H,36,42)(H,37,40)(H,38,41). The van der Waals surface area contributed by atoms with E-state index < -0.39 is 5.54 Å². The monoisotopic (exact) mass is 632 g/mol. The number of hydrogen-bond acceptors (Lipinski definition) is 6. The molecule has 1 aromatic heterocycles. The van der Waals surface area contributed by atoms with Crippen molar-refractivity contribution in [2.75, 3.05) is 31.1 Å². The first kappa shape index (κ1) is 31.1. The Labute approximate surface area is 268 Å². The molecule has 1 aliphatic carbocycles. The molecular weight excluding hydrogens is 589 g/mol. The van der Waals surface area contributed by atoms with Crippen LogP contribution in [-0.4, -0.2) is 65.3 Å². The van der Waals surface area contributed by atoms with Gasteiger partial charge in [-0.3, -0.25) is 19.3 Å². The molecule has 0 bridgehead atoms. The first-order valence-corrected chi connectivity index (χ1v) is 18.2. The SMILES string of the molecule is O=C(CCNC(=O)C1(NC(=O)c2cc3ccccc3s2)CCCC1)NCC1CCN(C2CCSCC2)C(c2ccccc2)C1. The molecule has 0 radical (unpaired) electrons. The highest BCUT2D eigenvalue weighted by Gasteiger charge is 2.42. The number of hydrogen-bond donors (Lipinski definition) is 3. The van der Waals surface area contributed by atoms with Crippen LogP contribution >= 0.6 is 23.1 Å². The molecule has 6 rings (SSSR count). The number of thioether (sulfide) groups is 1. The molecule has 3 amide bonds. The van der Waals surface area contributed by atoms with E-state index in [9.17, 15) is 14.4 Å². The van der Waals surface area contributed by atoms with Crippen molar-refractivity contribution in [3.05, 3.63) is 71.1 Å². The maximum Gasteiger partial charge on any atom is 0.262 e. The van der Waals surface area contributed by atoms with Gasteiger partial charge in [0.2, 0.25) is 11.8 Å². The summed E-state index contributed by atoms with van der Waals surface area (Å²) in [5.74, 6) is 2.50. The first-order chi connectivity index (χ1) is 21.5. The topological polar surface area (TPSA) is 90.5 Å². The number of likely N-dealkylation sites (tertiary alicyclic amines) is 1. The molecular formula is C35H44N4O3S2. The Hall–Kier alpha value is -2.88. The van der Waals surface area contributed by atoms with Crippen molar-refractivity contribution in [1.82, 2.24) is 20.9 Å². The molecule has 7 nitrogen and oxygen atoms in total. The Morgan fingerprint density at radius 3 is 2.43 bits per heavy atom. The lowest BCUT2D eigenvalue weighted by molar-refractivity contribution is -0.127. The third kappa shape index (κ3) is 7.32. The predicted octanol–water partition coefficient (Wildman–Crippen LogP) is 5.92. The van der Waals surface area contributed by atoms with Crippen LogP contribution in [0.3, 0.4) is 0 Å². The fourth-order valence-electron chi connectivity index (χ4n) is 7.26. The smallest absolute Gasteiger partial charge is 0.262 e. The van der Waals surface area contributed by atoms with Crippen molar-refractivity contribution < 1.29 is 14.4 Å². The second kappa shape index (κ2) is 14.5. The van der Waals surface area contributed by atoms with Crippen molar-refractivity contribution in [2.45, 2.75) is 75.4 Å². The maximum absolute atomic E-state index is 13.4. The summed E-state index contributed by atoms with van der Waals surface area (Å²) in [6, 6.07) is 21.7. The van der Waals surface area contributed by atoms with E-state index in [1.54, 1.807) is 0 Å². The maximum atomic E-state index is 13.4. The zero-order valence-corrected chi connectivity index (χ0v) is 27.0. The van der Waals surface area contributed by atoms with Crippen LogP contribution in [0.25, 0.3) is 10.1 Å². The molecule has 3 fully saturated rings. The minimum Gasteiger partial charge on any atom is -0.356 e. The largest absolute Gasteiger partial charge is 0.356 e. The van der Waals surface area contributed by atoms with Crippen LogP contribution < -0.4 is 16.0 Å². The summed E-state index contributed by atoms with van der Waals surface area (Å²) >= 11 is 3.51. The number of carbonyl (C=O) groups is 3. The van der Waals surface area contributed by atoms with Gasteiger partial charge in [-0.25, -0.2) is 0 Å². The Morgan fingerprint density at radius 1 is 0.909 bits per heavy atom. The van der Waals surface area contributed by atoms with Gasteiger partial charge in [0.25, 0.3) is 5.91 Å². The molecule has 3 aromatic rings. The number of rotatable bonds is 10. The van der Waals surface area contributed by atoms with Crippen molar-refractivity contribution in [3.63, 3.8) is 0 Å². The van der Waals surface area contributed by atoms with E-state index in [1.807, 2.05) is 30.3 Å². The van der Waals surface area contributed by atoms with Gasteiger partial charge in [-0.15, -0.1) is 11.3 Å². The molecule has 0 spiro atoms. The zero-order valence-electron chi connectivity index (χ0n) is 25.4. The molecule has 234 valence electrons. The molecule has 2 unspecified atom stereocenters. The second-order valence-corrected chi connectivity index (χ2v) is 14.9. The van der Waals surface area contributed by atoms with E-state index in [1.165, 1.54) is 41.2 Å². The Morgan fingerprint density at radius 2 is 1.66 bits per heavy atom. The van der Waals surface area contributed by atoms with E-state index in [0.717, 1.165) is 42.3 Å². The summed E-state index contributed by atoms with van der Waals surface area (Å²) in [4.78, 5) is 42.7. The number of benzene rings is 2. The summed E-state index contributed by atoms with van der Waals surface area (Å²) in [6.07, 6.45) is 7.90. The summed E-state index contributed by atoms with van der Waals surface area (Å²) < 4.78 is 1.05. The fourth-order valence-corrected chi connectivity index (χ4v) is 9.30. The van der Waals surface area contributed by atoms with Crippen LogP contribution in [-0.2, 0) is 9.59 Å². The van der Waals surface area contributed by atoms with Crippen LogP contribution in [0.15, 0.2) is 60.7 Å². The van der Waals surface area contributed by atoms with Crippen molar-refractivity contribution in [2.24, 2.45) is 5.92 Å². The van der Waals surface area contributed by atoms with Gasteiger partial charge in [-0.1, -0.05) is 61.4 Å². The van der Waals surface area contributed by atoms with Crippen LogP contribution in [0.1, 0.15) is 79.1 Å². The van der Waals surface area contributed by atoms with Gasteiger partial charge in [-0.05, 0) is 85.6 Å². The lowest BCUT2D eigenvalue weighted by Crippen LogP contribution is -2.57. The number of piperidine rings is 1. The van der Waals surface area contributed by atoms with Crippen LogP contribution in [0.4, 0.5) is 0 Å². The van der Waals surface area contributed by atoms with Crippen LogP contribution in [0.5, 0.6) is 0 Å². The quantitative estimate of drug-likeness (QED) is 0.258. The van der Waals surface area contributed by atoms with Crippen LogP contribution in [0.2, 0.25) is 0 Å². The van der Waals surface area contributed by atoms with E-state index >= 15 is 0 Å². The van der Waals surface area contributed by atoms with E-state index in [-0.39, 0.29) is 30.7 Å².